The van der Waals surface area contributed by atoms with E-state index in [9.17, 15) is 19.5 Å². The lowest BCUT2D eigenvalue weighted by Crippen LogP contribution is -2.60. The summed E-state index contributed by atoms with van der Waals surface area (Å²) in [7, 11) is 0. The van der Waals surface area contributed by atoms with Crippen LogP contribution in [0.4, 0.5) is 0 Å². The van der Waals surface area contributed by atoms with Crippen molar-refractivity contribution in [3.8, 4) is 0 Å². The fraction of sp³-hybridized carbons (Fsp3) is 0.781. The summed E-state index contributed by atoms with van der Waals surface area (Å²) in [4.78, 5) is 48.6. The minimum Gasteiger partial charge on any atom is -0.394 e. The van der Waals surface area contributed by atoms with Crippen LogP contribution in [0.3, 0.4) is 0 Å². The molecule has 0 aromatic rings. The summed E-state index contributed by atoms with van der Waals surface area (Å²) in [6, 6.07) is -1.45. The maximum atomic E-state index is 14.6. The third-order valence-corrected chi connectivity index (χ3v) is 9.95. The Labute approximate surface area is 241 Å². The molecule has 2 bridgehead atoms. The van der Waals surface area contributed by atoms with Crippen molar-refractivity contribution < 1.29 is 24.2 Å². The molecule has 3 unspecified atom stereocenters. The van der Waals surface area contributed by atoms with Crippen molar-refractivity contribution in [2.45, 2.75) is 103 Å². The van der Waals surface area contributed by atoms with E-state index in [0.29, 0.717) is 32.6 Å². The Morgan fingerprint density at radius 3 is 2.25 bits per heavy atom. The topological polar surface area (TPSA) is 90.4 Å². The zero-order chi connectivity index (χ0) is 29.8. The van der Waals surface area contributed by atoms with Gasteiger partial charge in [0.1, 0.15) is 11.6 Å². The van der Waals surface area contributed by atoms with Crippen molar-refractivity contribution in [1.82, 2.24) is 14.7 Å². The average molecular weight is 560 g/mol. The number of nitrogens with zero attached hydrogens (tertiary/aromatic N) is 3. The van der Waals surface area contributed by atoms with E-state index < -0.39 is 35.1 Å². The fourth-order valence-corrected chi connectivity index (χ4v) is 7.59. The van der Waals surface area contributed by atoms with Gasteiger partial charge in [0.15, 0.2) is 0 Å². The van der Waals surface area contributed by atoms with Crippen LogP contribution in [-0.4, -0.2) is 93.6 Å². The molecule has 8 heteroatoms. The molecule has 8 atom stereocenters. The average Bonchev–Trinajstić information content (AvgIpc) is 3.44. The summed E-state index contributed by atoms with van der Waals surface area (Å²) >= 11 is 0. The van der Waals surface area contributed by atoms with Crippen molar-refractivity contribution in [2.24, 2.45) is 23.7 Å². The number of aliphatic hydroxyl groups excluding tert-OH is 1. The lowest BCUT2D eigenvalue weighted by molar-refractivity contribution is -0.158. The van der Waals surface area contributed by atoms with Crippen molar-refractivity contribution in [3.63, 3.8) is 0 Å². The minimum absolute atomic E-state index is 0.0305. The molecule has 3 saturated heterocycles. The van der Waals surface area contributed by atoms with E-state index in [1.807, 2.05) is 27.7 Å². The van der Waals surface area contributed by atoms with E-state index in [1.54, 1.807) is 26.9 Å². The van der Waals surface area contributed by atoms with Crippen molar-refractivity contribution >= 4 is 17.7 Å². The Hall–Kier alpha value is -2.19. The lowest BCUT2D eigenvalue weighted by atomic mass is 9.62. The highest BCUT2D eigenvalue weighted by Crippen LogP contribution is 2.66. The number of likely N-dealkylation sites (tertiary alicyclic amines) is 1. The Morgan fingerprint density at radius 2 is 1.73 bits per heavy atom. The SMILES string of the molecule is C=CCN(CCCCC)C(=O)C1N([C@@H](CO)[C@@H](C)CC)C(=O)[C@@H]2[C@@H](C(=O)N(CC=C)CCC)[C@]3(C)OC12CC3C. The molecule has 3 aliphatic rings. The van der Waals surface area contributed by atoms with Gasteiger partial charge in [-0.15, -0.1) is 13.2 Å². The lowest BCUT2D eigenvalue weighted by Gasteiger charge is -2.41. The number of ether oxygens (including phenoxy) is 1. The molecule has 3 fully saturated rings. The summed E-state index contributed by atoms with van der Waals surface area (Å²) in [5.41, 5.74) is -1.99. The Balaban J connectivity index is 2.18. The summed E-state index contributed by atoms with van der Waals surface area (Å²) in [5, 5.41) is 10.6. The third-order valence-electron chi connectivity index (χ3n) is 9.95. The first-order valence-electron chi connectivity index (χ1n) is 15.5. The number of fused-ring (bicyclic) bond motifs is 1. The van der Waals surface area contributed by atoms with Gasteiger partial charge in [-0.05, 0) is 38.0 Å². The second-order valence-electron chi connectivity index (χ2n) is 12.4. The molecule has 3 amide bonds. The van der Waals surface area contributed by atoms with Gasteiger partial charge in [-0.2, -0.15) is 0 Å². The zero-order valence-electron chi connectivity index (χ0n) is 25.7. The first-order chi connectivity index (χ1) is 19.0. The summed E-state index contributed by atoms with van der Waals surface area (Å²) < 4.78 is 6.93. The Morgan fingerprint density at radius 1 is 1.10 bits per heavy atom. The molecular weight excluding hydrogens is 506 g/mol. The number of carbonyl (C=O) groups is 3. The smallest absolute Gasteiger partial charge is 0.248 e. The highest BCUT2D eigenvalue weighted by atomic mass is 16.5. The van der Waals surface area contributed by atoms with E-state index >= 15 is 0 Å². The largest absolute Gasteiger partial charge is 0.394 e. The van der Waals surface area contributed by atoms with Gasteiger partial charge in [-0.1, -0.05) is 66.0 Å². The van der Waals surface area contributed by atoms with Gasteiger partial charge in [-0.3, -0.25) is 14.4 Å². The highest BCUT2D eigenvalue weighted by molar-refractivity contribution is 5.99. The van der Waals surface area contributed by atoms with E-state index in [4.69, 9.17) is 4.74 Å². The number of unbranched alkanes of at least 4 members (excludes halogenated alkanes) is 2. The molecule has 0 aromatic carbocycles. The molecule has 1 spiro atoms. The highest BCUT2D eigenvalue weighted by Gasteiger charge is 2.80. The molecule has 0 aromatic heterocycles. The quantitative estimate of drug-likeness (QED) is 0.228. The fourth-order valence-electron chi connectivity index (χ4n) is 7.59. The molecule has 226 valence electrons. The number of hydrogen-bond donors (Lipinski definition) is 1. The molecule has 8 nitrogen and oxygen atoms in total. The zero-order valence-corrected chi connectivity index (χ0v) is 25.7. The number of rotatable bonds is 16. The second-order valence-corrected chi connectivity index (χ2v) is 12.4. The normalized spacial score (nSPS) is 32.1. The van der Waals surface area contributed by atoms with Crippen LogP contribution in [0.15, 0.2) is 25.3 Å². The maximum absolute atomic E-state index is 14.6. The van der Waals surface area contributed by atoms with Gasteiger partial charge in [0.2, 0.25) is 17.7 Å². The summed E-state index contributed by atoms with van der Waals surface area (Å²) in [5.74, 6) is -2.08. The van der Waals surface area contributed by atoms with E-state index in [0.717, 1.165) is 32.1 Å². The Bertz CT molecular complexity index is 955. The van der Waals surface area contributed by atoms with Gasteiger partial charge in [0, 0.05) is 26.2 Å². The Kier molecular flexibility index (Phi) is 10.7. The van der Waals surface area contributed by atoms with Crippen LogP contribution in [-0.2, 0) is 19.1 Å². The predicted octanol–water partition coefficient (Wildman–Crippen LogP) is 4.03. The first-order valence-corrected chi connectivity index (χ1v) is 15.5. The van der Waals surface area contributed by atoms with Gasteiger partial charge in [0.25, 0.3) is 0 Å². The molecule has 3 rings (SSSR count). The van der Waals surface area contributed by atoms with E-state index in [-0.39, 0.29) is 36.2 Å². The van der Waals surface area contributed by atoms with Gasteiger partial charge < -0.3 is 24.5 Å². The summed E-state index contributed by atoms with van der Waals surface area (Å²) in [6.07, 6.45) is 8.34. The standard InChI is InChI=1S/C32H53N3O5/c1-9-14-15-19-34(18-12-4)30(39)27-32-20-23(7)31(8,40-32)25(28(37)33(16-10-2)17-11-3)26(32)29(38)35(27)24(21-36)22(6)13-5/h10,12,22-27,36H,2,4,9,11,13-21H2,1,3,5-8H3/t22-,23?,24-,25-,26-,27?,31+,32?/m0/s1. The van der Waals surface area contributed by atoms with Gasteiger partial charge >= 0.3 is 0 Å². The molecule has 0 saturated carbocycles. The summed E-state index contributed by atoms with van der Waals surface area (Å²) in [6.45, 7) is 21.5. The predicted molar refractivity (Wildman–Crippen MR) is 157 cm³/mol. The van der Waals surface area contributed by atoms with E-state index in [1.165, 1.54) is 0 Å². The number of carbonyl (C=O) groups excluding carboxylic acids is 3. The van der Waals surface area contributed by atoms with Crippen LogP contribution >= 0.6 is 0 Å². The first kappa shape index (κ1) is 32.3. The maximum Gasteiger partial charge on any atom is 0.248 e. The van der Waals surface area contributed by atoms with Crippen LogP contribution in [0.5, 0.6) is 0 Å². The van der Waals surface area contributed by atoms with Crippen LogP contribution < -0.4 is 0 Å². The molecule has 3 aliphatic heterocycles. The van der Waals surface area contributed by atoms with Crippen LogP contribution in [0, 0.1) is 23.7 Å². The monoisotopic (exact) mass is 559 g/mol. The van der Waals surface area contributed by atoms with Crippen molar-refractivity contribution in [1.29, 1.82) is 0 Å². The van der Waals surface area contributed by atoms with Crippen molar-refractivity contribution in [2.75, 3.05) is 32.8 Å². The van der Waals surface area contributed by atoms with Crippen molar-refractivity contribution in [3.05, 3.63) is 25.3 Å². The third kappa shape index (κ3) is 5.26. The molecule has 1 N–H and O–H groups in total. The van der Waals surface area contributed by atoms with Crippen LogP contribution in [0.25, 0.3) is 0 Å². The van der Waals surface area contributed by atoms with Gasteiger partial charge in [-0.25, -0.2) is 0 Å². The molecule has 0 radical (unpaired) electrons. The number of hydrogen-bond acceptors (Lipinski definition) is 5. The molecule has 0 aliphatic carbocycles. The van der Waals surface area contributed by atoms with Crippen LogP contribution in [0.2, 0.25) is 0 Å². The molecule has 40 heavy (non-hydrogen) atoms. The second kappa shape index (κ2) is 13.2. The van der Waals surface area contributed by atoms with Crippen LogP contribution in [0.1, 0.15) is 80.1 Å². The number of aliphatic hydroxyl groups is 1. The van der Waals surface area contributed by atoms with Gasteiger partial charge in [0.05, 0.1) is 30.1 Å². The molecular formula is C32H53N3O5. The van der Waals surface area contributed by atoms with E-state index in [2.05, 4.69) is 27.0 Å². The number of amides is 3. The molecule has 3 heterocycles. The minimum atomic E-state index is -1.13.